The number of benzene rings is 1. The minimum absolute atomic E-state index is 0.0996. The van der Waals surface area contributed by atoms with Crippen LogP contribution in [0.4, 0.5) is 5.69 Å². The maximum atomic E-state index is 12.0. The Kier molecular flexibility index (Phi) is 5.59. The second-order valence-corrected chi connectivity index (χ2v) is 7.62. The normalized spacial score (nSPS) is 23.5. The zero-order chi connectivity index (χ0) is 18.7. The smallest absolute Gasteiger partial charge is 0.306 e. The molecule has 0 unspecified atom stereocenters. The van der Waals surface area contributed by atoms with Crippen molar-refractivity contribution in [3.63, 3.8) is 0 Å². The summed E-state index contributed by atoms with van der Waals surface area (Å²) in [4.78, 5) is 37.2. The quantitative estimate of drug-likeness (QED) is 0.794. The minimum atomic E-state index is -0.377. The molecule has 1 aromatic carbocycles. The second kappa shape index (κ2) is 7.89. The van der Waals surface area contributed by atoms with E-state index < -0.39 is 0 Å². The largest absolute Gasteiger partial charge is 0.456 e. The maximum Gasteiger partial charge on any atom is 0.306 e. The highest BCUT2D eigenvalue weighted by atomic mass is 16.5. The van der Waals surface area contributed by atoms with Crippen molar-refractivity contribution < 1.29 is 19.1 Å². The molecule has 0 spiro atoms. The fourth-order valence-corrected chi connectivity index (χ4v) is 4.20. The van der Waals surface area contributed by atoms with Gasteiger partial charge in [0.05, 0.1) is 0 Å². The van der Waals surface area contributed by atoms with Crippen LogP contribution in [0.1, 0.15) is 42.5 Å². The molecule has 0 aromatic heterocycles. The lowest BCUT2D eigenvalue weighted by Gasteiger charge is -2.20. The molecule has 6 nitrogen and oxygen atoms in total. The number of esters is 1. The molecule has 0 saturated heterocycles. The van der Waals surface area contributed by atoms with Gasteiger partial charge in [-0.05, 0) is 61.3 Å². The topological polar surface area (TPSA) is 75.7 Å². The van der Waals surface area contributed by atoms with Gasteiger partial charge in [-0.1, -0.05) is 6.42 Å². The summed E-state index contributed by atoms with van der Waals surface area (Å²) in [6.07, 6.45) is 5.34. The lowest BCUT2D eigenvalue weighted by Crippen LogP contribution is -2.23. The first-order valence-electron chi connectivity index (χ1n) is 9.19. The molecule has 3 atom stereocenters. The van der Waals surface area contributed by atoms with Gasteiger partial charge in [-0.25, -0.2) is 0 Å². The molecule has 0 radical (unpaired) electrons. The van der Waals surface area contributed by atoms with E-state index in [0.29, 0.717) is 29.5 Å². The first-order chi connectivity index (χ1) is 12.4. The van der Waals surface area contributed by atoms with Crippen molar-refractivity contribution in [2.75, 3.05) is 26.0 Å². The number of rotatable bonds is 6. The highest BCUT2D eigenvalue weighted by Gasteiger charge is 2.40. The number of ether oxygens (including phenoxy) is 1. The van der Waals surface area contributed by atoms with E-state index >= 15 is 0 Å². The first-order valence-corrected chi connectivity index (χ1v) is 9.19. The Morgan fingerprint density at radius 1 is 1.12 bits per heavy atom. The number of anilines is 1. The van der Waals surface area contributed by atoms with Gasteiger partial charge in [0.25, 0.3) is 11.8 Å². The summed E-state index contributed by atoms with van der Waals surface area (Å²) in [7, 11) is 3.37. The number of amides is 2. The Balaban J connectivity index is 1.41. The van der Waals surface area contributed by atoms with Gasteiger partial charge in [-0.15, -0.1) is 0 Å². The van der Waals surface area contributed by atoms with E-state index in [1.54, 1.807) is 38.4 Å². The Morgan fingerprint density at radius 2 is 1.85 bits per heavy atom. The Bertz CT molecular complexity index is 684. The zero-order valence-electron chi connectivity index (χ0n) is 15.4. The van der Waals surface area contributed by atoms with Crippen LogP contribution in [0.3, 0.4) is 0 Å². The summed E-state index contributed by atoms with van der Waals surface area (Å²) < 4.78 is 5.13. The van der Waals surface area contributed by atoms with Crippen molar-refractivity contribution in [3.05, 3.63) is 29.8 Å². The van der Waals surface area contributed by atoms with E-state index in [1.165, 1.54) is 24.2 Å². The third-order valence-corrected chi connectivity index (χ3v) is 5.50. The Hall–Kier alpha value is -2.37. The molecule has 2 saturated carbocycles. The lowest BCUT2D eigenvalue weighted by molar-refractivity contribution is -0.148. The van der Waals surface area contributed by atoms with Crippen LogP contribution >= 0.6 is 0 Å². The molecule has 1 N–H and O–H groups in total. The molecule has 1 aromatic rings. The molecule has 26 heavy (non-hydrogen) atoms. The van der Waals surface area contributed by atoms with Crippen LogP contribution in [0.25, 0.3) is 0 Å². The van der Waals surface area contributed by atoms with Crippen LogP contribution in [-0.4, -0.2) is 43.4 Å². The van der Waals surface area contributed by atoms with Gasteiger partial charge in [0.1, 0.15) is 0 Å². The van der Waals surface area contributed by atoms with Gasteiger partial charge < -0.3 is 15.0 Å². The summed E-state index contributed by atoms with van der Waals surface area (Å²) in [6, 6.07) is 6.62. The standard InChI is InChI=1S/C20H26N2O4/c1-22(2)20(25)14-5-7-17(8-6-14)21-18(23)12-26-19(24)11-16-10-13-3-4-15(16)9-13/h5-8,13,15-16H,3-4,9-12H2,1-2H3,(H,21,23)/t13-,15-,16-/m1/s1. The van der Waals surface area contributed by atoms with E-state index in [4.69, 9.17) is 4.74 Å². The van der Waals surface area contributed by atoms with Gasteiger partial charge in [0.15, 0.2) is 6.61 Å². The van der Waals surface area contributed by atoms with Crippen molar-refractivity contribution in [2.24, 2.45) is 17.8 Å². The number of nitrogens with one attached hydrogen (secondary N) is 1. The molecule has 2 fully saturated rings. The van der Waals surface area contributed by atoms with Crippen LogP contribution in [0.2, 0.25) is 0 Å². The van der Waals surface area contributed by atoms with Crippen molar-refractivity contribution in [1.29, 1.82) is 0 Å². The van der Waals surface area contributed by atoms with Gasteiger partial charge >= 0.3 is 5.97 Å². The van der Waals surface area contributed by atoms with Crippen LogP contribution < -0.4 is 5.32 Å². The minimum Gasteiger partial charge on any atom is -0.456 e. The number of nitrogens with zero attached hydrogens (tertiary/aromatic N) is 1. The Labute approximate surface area is 153 Å². The zero-order valence-corrected chi connectivity index (χ0v) is 15.4. The molecule has 3 rings (SSSR count). The van der Waals surface area contributed by atoms with Crippen LogP contribution in [-0.2, 0) is 14.3 Å². The number of carbonyl (C=O) groups excluding carboxylic acids is 3. The lowest BCUT2D eigenvalue weighted by atomic mass is 9.86. The predicted molar refractivity (Wildman–Crippen MR) is 97.6 cm³/mol. The highest BCUT2D eigenvalue weighted by Crippen LogP contribution is 2.49. The van der Waals surface area contributed by atoms with Crippen molar-refractivity contribution >= 4 is 23.5 Å². The number of fused-ring (bicyclic) bond motifs is 2. The molecule has 0 aliphatic heterocycles. The van der Waals surface area contributed by atoms with Crippen molar-refractivity contribution in [3.8, 4) is 0 Å². The molecule has 140 valence electrons. The third-order valence-electron chi connectivity index (χ3n) is 5.50. The fourth-order valence-electron chi connectivity index (χ4n) is 4.20. The van der Waals surface area contributed by atoms with Gasteiger partial charge in [-0.3, -0.25) is 14.4 Å². The SMILES string of the molecule is CN(C)C(=O)c1ccc(NC(=O)COC(=O)C[C@H]2C[C@@H]3CC[C@@H]2C3)cc1. The molecule has 2 amide bonds. The Morgan fingerprint density at radius 3 is 2.42 bits per heavy atom. The monoisotopic (exact) mass is 358 g/mol. The van der Waals surface area contributed by atoms with Gasteiger partial charge in [-0.2, -0.15) is 0 Å². The molecule has 2 aliphatic carbocycles. The van der Waals surface area contributed by atoms with Gasteiger partial charge in [0.2, 0.25) is 0 Å². The molecule has 0 heterocycles. The summed E-state index contributed by atoms with van der Waals surface area (Å²) >= 11 is 0. The van der Waals surface area contributed by atoms with Crippen LogP contribution in [0.5, 0.6) is 0 Å². The molecular formula is C20H26N2O4. The predicted octanol–water partition coefficient (Wildman–Crippen LogP) is 2.70. The molecule has 2 bridgehead atoms. The van der Waals surface area contributed by atoms with Crippen LogP contribution in [0.15, 0.2) is 24.3 Å². The van der Waals surface area contributed by atoms with Crippen molar-refractivity contribution in [1.82, 2.24) is 4.90 Å². The molecular weight excluding hydrogens is 332 g/mol. The summed E-state index contributed by atoms with van der Waals surface area (Å²) in [5.74, 6) is 1.14. The maximum absolute atomic E-state index is 12.0. The number of hydrogen-bond acceptors (Lipinski definition) is 4. The van der Waals surface area contributed by atoms with E-state index in [9.17, 15) is 14.4 Å². The first kappa shape index (κ1) is 18.4. The molecule has 2 aliphatic rings. The van der Waals surface area contributed by atoms with E-state index in [1.807, 2.05) is 0 Å². The van der Waals surface area contributed by atoms with E-state index in [0.717, 1.165) is 12.3 Å². The summed E-state index contributed by atoms with van der Waals surface area (Å²) in [5, 5.41) is 2.67. The van der Waals surface area contributed by atoms with Gasteiger partial charge in [0, 0.05) is 31.8 Å². The average Bonchev–Trinajstić information content (AvgIpc) is 3.23. The van der Waals surface area contributed by atoms with Crippen molar-refractivity contribution in [2.45, 2.75) is 32.1 Å². The average molecular weight is 358 g/mol. The fraction of sp³-hybridized carbons (Fsp3) is 0.550. The summed E-state index contributed by atoms with van der Waals surface area (Å²) in [6.45, 7) is -0.280. The van der Waals surface area contributed by atoms with Crippen LogP contribution in [0, 0.1) is 17.8 Å². The molecule has 6 heteroatoms. The number of hydrogen-bond donors (Lipinski definition) is 1. The van der Waals surface area contributed by atoms with E-state index in [-0.39, 0.29) is 24.4 Å². The second-order valence-electron chi connectivity index (χ2n) is 7.62. The summed E-state index contributed by atoms with van der Waals surface area (Å²) in [5.41, 5.74) is 1.11. The number of carbonyl (C=O) groups is 3. The third kappa shape index (κ3) is 4.42. The highest BCUT2D eigenvalue weighted by molar-refractivity contribution is 5.96. The van der Waals surface area contributed by atoms with E-state index in [2.05, 4.69) is 5.32 Å².